The number of hydrogen-bond donors (Lipinski definition) is 2. The van der Waals surface area contributed by atoms with Crippen molar-refractivity contribution in [2.75, 3.05) is 20.3 Å². The molecule has 0 saturated heterocycles. The van der Waals surface area contributed by atoms with Crippen molar-refractivity contribution < 1.29 is 33.4 Å². The largest absolute Gasteiger partial charge is 0.466 e. The Labute approximate surface area is 237 Å². The van der Waals surface area contributed by atoms with Gasteiger partial charge < -0.3 is 24.8 Å². The first-order valence-electron chi connectivity index (χ1n) is 13.6. The highest BCUT2D eigenvalue weighted by molar-refractivity contribution is 5.92. The summed E-state index contributed by atoms with van der Waals surface area (Å²) in [5, 5.41) is 7.52. The molecule has 0 aliphatic carbocycles. The zero-order chi connectivity index (χ0) is 30.1. The Balaban J connectivity index is 2.48. The van der Waals surface area contributed by atoms with Crippen LogP contribution in [0.4, 0.5) is 0 Å². The van der Waals surface area contributed by atoms with E-state index in [1.54, 1.807) is 20.8 Å². The molecule has 0 heterocycles. The fourth-order valence-corrected chi connectivity index (χ4v) is 4.22. The number of hydrogen-bond acceptors (Lipinski definition) is 7. The normalized spacial score (nSPS) is 14.1. The average Bonchev–Trinajstić information content (AvgIpc) is 2.85. The lowest BCUT2D eigenvalue weighted by Crippen LogP contribution is -2.56. The summed E-state index contributed by atoms with van der Waals surface area (Å²) in [5.74, 6) is -2.97. The van der Waals surface area contributed by atoms with Gasteiger partial charge in [-0.3, -0.25) is 14.4 Å². The minimum atomic E-state index is -1.27. The smallest absolute Gasteiger partial charge is 0.336 e. The number of likely N-dealkylation sites (N-methyl/N-ethyl adjacent to an activating group) is 1. The van der Waals surface area contributed by atoms with Crippen molar-refractivity contribution in [1.29, 1.82) is 0 Å². The van der Waals surface area contributed by atoms with E-state index in [0.29, 0.717) is 6.42 Å². The number of benzene rings is 2. The molecule has 2 amide bonds. The average molecular weight is 557 g/mol. The van der Waals surface area contributed by atoms with Crippen LogP contribution in [0, 0.1) is 11.3 Å². The van der Waals surface area contributed by atoms with Crippen LogP contribution in [0.5, 0.6) is 0 Å². The van der Waals surface area contributed by atoms with E-state index in [9.17, 15) is 19.2 Å². The van der Waals surface area contributed by atoms with Gasteiger partial charge in [0.1, 0.15) is 11.6 Å². The highest BCUT2D eigenvalue weighted by Crippen LogP contribution is 2.25. The minimum Gasteiger partial charge on any atom is -0.466 e. The van der Waals surface area contributed by atoms with Crippen molar-refractivity contribution in [3.63, 3.8) is 0 Å². The molecule has 0 bridgehead atoms. The Morgan fingerprint density at radius 1 is 0.875 bits per heavy atom. The van der Waals surface area contributed by atoms with Gasteiger partial charge in [0.15, 0.2) is 6.10 Å². The molecule has 0 spiro atoms. The maximum atomic E-state index is 13.9. The van der Waals surface area contributed by atoms with E-state index in [1.165, 1.54) is 14.0 Å². The Morgan fingerprint density at radius 3 is 2.10 bits per heavy atom. The summed E-state index contributed by atoms with van der Waals surface area (Å²) in [5.41, 5.74) is -0.602. The third-order valence-corrected chi connectivity index (χ3v) is 6.16. The molecule has 220 valence electrons. The Kier molecular flexibility index (Phi) is 11.7. The van der Waals surface area contributed by atoms with E-state index >= 15 is 0 Å². The summed E-state index contributed by atoms with van der Waals surface area (Å²) in [7, 11) is 1.51. The summed E-state index contributed by atoms with van der Waals surface area (Å²) in [6, 6.07) is 12.9. The number of nitrogens with one attached hydrogen (secondary N) is 2. The first-order valence-corrected chi connectivity index (χ1v) is 13.6. The maximum absolute atomic E-state index is 13.9. The molecule has 0 fully saturated rings. The number of carbonyl (C=O) groups is 4. The molecule has 0 saturated carbocycles. The molecule has 3 atom stereocenters. The summed E-state index contributed by atoms with van der Waals surface area (Å²) in [6.07, 6.45) is -0.783. The van der Waals surface area contributed by atoms with Crippen molar-refractivity contribution in [3.05, 3.63) is 48.0 Å². The lowest BCUT2D eigenvalue weighted by molar-refractivity contribution is -0.175. The van der Waals surface area contributed by atoms with Crippen LogP contribution in [-0.2, 0) is 39.8 Å². The van der Waals surface area contributed by atoms with Crippen LogP contribution in [0.15, 0.2) is 42.5 Å². The van der Waals surface area contributed by atoms with Crippen molar-refractivity contribution in [3.8, 4) is 0 Å². The van der Waals surface area contributed by atoms with E-state index in [2.05, 4.69) is 10.6 Å². The molecule has 2 N–H and O–H groups in total. The van der Waals surface area contributed by atoms with Crippen LogP contribution >= 0.6 is 0 Å². The molecule has 0 aromatic heterocycles. The summed E-state index contributed by atoms with van der Waals surface area (Å²) >= 11 is 0. The molecule has 40 heavy (non-hydrogen) atoms. The van der Waals surface area contributed by atoms with E-state index in [-0.39, 0.29) is 25.5 Å². The second-order valence-corrected chi connectivity index (χ2v) is 11.9. The predicted octanol–water partition coefficient (Wildman–Crippen LogP) is 3.96. The fraction of sp³-hybridized carbons (Fsp3) is 0.548. The molecule has 2 aromatic rings. The fourth-order valence-electron chi connectivity index (χ4n) is 4.22. The summed E-state index contributed by atoms with van der Waals surface area (Å²) < 4.78 is 16.6. The third kappa shape index (κ3) is 10.3. The molecule has 0 aliphatic rings. The highest BCUT2D eigenvalue weighted by atomic mass is 16.6. The van der Waals surface area contributed by atoms with Gasteiger partial charge in [-0.1, -0.05) is 63.2 Å². The van der Waals surface area contributed by atoms with Gasteiger partial charge in [-0.15, -0.1) is 0 Å². The SMILES string of the molecule is CNC(=O)[C@@H](NC(=O)[C@H](Cc1ccc2ccccc2c1)[C@H](OCCCOC(C)=O)C(=O)OC(C)(C)C)C(C)(C)C. The summed E-state index contributed by atoms with van der Waals surface area (Å²) in [4.78, 5) is 51.3. The monoisotopic (exact) mass is 556 g/mol. The lowest BCUT2D eigenvalue weighted by atomic mass is 9.84. The number of fused-ring (bicyclic) bond motifs is 1. The van der Waals surface area contributed by atoms with Crippen molar-refractivity contribution in [2.45, 2.75) is 79.1 Å². The number of amides is 2. The molecule has 9 nitrogen and oxygen atoms in total. The van der Waals surface area contributed by atoms with Crippen LogP contribution in [-0.4, -0.2) is 61.8 Å². The van der Waals surface area contributed by atoms with Crippen molar-refractivity contribution in [1.82, 2.24) is 10.6 Å². The zero-order valence-electron chi connectivity index (χ0n) is 25.0. The number of ether oxygens (including phenoxy) is 3. The molecule has 0 unspecified atom stereocenters. The van der Waals surface area contributed by atoms with E-state index < -0.39 is 46.9 Å². The van der Waals surface area contributed by atoms with Gasteiger partial charge in [0.2, 0.25) is 11.8 Å². The topological polar surface area (TPSA) is 120 Å². The van der Waals surface area contributed by atoms with Gasteiger partial charge in [0.25, 0.3) is 0 Å². The summed E-state index contributed by atoms with van der Waals surface area (Å²) in [6.45, 7) is 12.2. The van der Waals surface area contributed by atoms with Gasteiger partial charge in [0, 0.05) is 20.4 Å². The first kappa shape index (κ1) is 32.8. The van der Waals surface area contributed by atoms with Crippen LogP contribution in [0.3, 0.4) is 0 Å². The third-order valence-electron chi connectivity index (χ3n) is 6.16. The van der Waals surface area contributed by atoms with Crippen molar-refractivity contribution >= 4 is 34.5 Å². The molecule has 2 aromatic carbocycles. The highest BCUT2D eigenvalue weighted by Gasteiger charge is 2.41. The minimum absolute atomic E-state index is 0.0524. The number of carbonyl (C=O) groups excluding carboxylic acids is 4. The number of rotatable bonds is 12. The lowest BCUT2D eigenvalue weighted by Gasteiger charge is -2.33. The van der Waals surface area contributed by atoms with E-state index in [4.69, 9.17) is 14.2 Å². The van der Waals surface area contributed by atoms with Crippen LogP contribution in [0.1, 0.15) is 60.5 Å². The Hall–Kier alpha value is -3.46. The second-order valence-electron chi connectivity index (χ2n) is 11.9. The van der Waals surface area contributed by atoms with Gasteiger partial charge >= 0.3 is 11.9 Å². The van der Waals surface area contributed by atoms with Crippen molar-refractivity contribution in [2.24, 2.45) is 11.3 Å². The van der Waals surface area contributed by atoms with Gasteiger partial charge in [-0.25, -0.2) is 4.79 Å². The quantitative estimate of drug-likeness (QED) is 0.300. The van der Waals surface area contributed by atoms with E-state index in [1.807, 2.05) is 63.2 Å². The number of esters is 2. The van der Waals surface area contributed by atoms with Gasteiger partial charge in [-0.05, 0) is 48.9 Å². The molecular weight excluding hydrogens is 512 g/mol. The Bertz CT molecular complexity index is 1180. The van der Waals surface area contributed by atoms with Crippen LogP contribution < -0.4 is 10.6 Å². The molecule has 2 rings (SSSR count). The molecular formula is C31H44N2O7. The zero-order valence-corrected chi connectivity index (χ0v) is 25.0. The standard InChI is InChI=1S/C31H44N2O7/c1-20(34)38-16-11-17-39-25(29(37)40-31(5,6)7)24(27(35)33-26(28(36)32-8)30(2,3)4)19-21-14-15-22-12-9-10-13-23(22)18-21/h9-10,12-15,18,24-26H,11,16-17,19H2,1-8H3,(H,32,36)(H,33,35)/t24-,25+,26-/m1/s1. The predicted molar refractivity (Wildman–Crippen MR) is 153 cm³/mol. The Morgan fingerprint density at radius 2 is 1.52 bits per heavy atom. The van der Waals surface area contributed by atoms with Gasteiger partial charge in [-0.2, -0.15) is 0 Å². The van der Waals surface area contributed by atoms with Gasteiger partial charge in [0.05, 0.1) is 19.1 Å². The van der Waals surface area contributed by atoms with Crippen LogP contribution in [0.25, 0.3) is 10.8 Å². The second kappa shape index (κ2) is 14.3. The molecule has 0 radical (unpaired) electrons. The van der Waals surface area contributed by atoms with Crippen LogP contribution in [0.2, 0.25) is 0 Å². The first-order chi connectivity index (χ1) is 18.6. The van der Waals surface area contributed by atoms with E-state index in [0.717, 1.165) is 16.3 Å². The molecule has 0 aliphatic heterocycles. The maximum Gasteiger partial charge on any atom is 0.336 e. The molecule has 9 heteroatoms.